The normalized spacial score (nSPS) is 14.5. The number of benzene rings is 1. The van der Waals surface area contributed by atoms with Crippen molar-refractivity contribution in [1.82, 2.24) is 21.3 Å². The Bertz CT molecular complexity index is 1070. The van der Waals surface area contributed by atoms with Gasteiger partial charge in [-0.25, -0.2) is 4.79 Å². The second kappa shape index (κ2) is 18.4. The number of nitrogens with one attached hydrogen (secondary N) is 4. The Balaban J connectivity index is 3.03. The molecule has 14 heteroatoms. The standard InChI is InChI=1S/C28H44N6O8/c1-16(2)23(30)27(40)32-19(12-13-22(35)36)25(38)31-17(3)24(37)34-21(15-18-9-5-4-6-10-18)26(39)33-20(28(41)42)11-7-8-14-29/h4-6,9-10,16-17,19-21,23H,7-8,11-15,29-30H2,1-3H3,(H,31,38)(H,32,40)(H,33,39)(H,34,37)(H,35,36)(H,41,42)/t17-,19-,20-,21-,23-/m0/s1. The Labute approximate surface area is 245 Å². The topological polar surface area (TPSA) is 243 Å². The summed E-state index contributed by atoms with van der Waals surface area (Å²) >= 11 is 0. The Hall–Kier alpha value is -4.04. The van der Waals surface area contributed by atoms with Gasteiger partial charge in [0.1, 0.15) is 24.2 Å². The van der Waals surface area contributed by atoms with Crippen LogP contribution in [-0.4, -0.2) is 82.5 Å². The maximum absolute atomic E-state index is 13.2. The Morgan fingerprint density at radius 3 is 1.86 bits per heavy atom. The number of carbonyl (C=O) groups excluding carboxylic acids is 4. The van der Waals surface area contributed by atoms with E-state index in [0.717, 1.165) is 0 Å². The van der Waals surface area contributed by atoms with Crippen LogP contribution in [0.3, 0.4) is 0 Å². The Morgan fingerprint density at radius 1 is 0.738 bits per heavy atom. The molecule has 4 amide bonds. The van der Waals surface area contributed by atoms with E-state index in [9.17, 15) is 33.9 Å². The summed E-state index contributed by atoms with van der Waals surface area (Å²) in [5.74, 6) is -5.58. The fourth-order valence-corrected chi connectivity index (χ4v) is 3.87. The third kappa shape index (κ3) is 13.1. The van der Waals surface area contributed by atoms with E-state index in [0.29, 0.717) is 24.9 Å². The van der Waals surface area contributed by atoms with Gasteiger partial charge in [-0.05, 0) is 50.6 Å². The average Bonchev–Trinajstić information content (AvgIpc) is 2.93. The van der Waals surface area contributed by atoms with Crippen LogP contribution in [0.25, 0.3) is 0 Å². The maximum Gasteiger partial charge on any atom is 0.326 e. The molecule has 0 heterocycles. The van der Waals surface area contributed by atoms with Crippen molar-refractivity contribution in [2.45, 2.75) is 89.5 Å². The van der Waals surface area contributed by atoms with E-state index >= 15 is 0 Å². The van der Waals surface area contributed by atoms with Crippen LogP contribution in [-0.2, 0) is 35.2 Å². The van der Waals surface area contributed by atoms with E-state index in [2.05, 4.69) is 21.3 Å². The highest BCUT2D eigenvalue weighted by Gasteiger charge is 2.31. The highest BCUT2D eigenvalue weighted by atomic mass is 16.4. The minimum atomic E-state index is -1.28. The average molecular weight is 593 g/mol. The third-order valence-electron chi connectivity index (χ3n) is 6.53. The first-order valence-electron chi connectivity index (χ1n) is 13.9. The highest BCUT2D eigenvalue weighted by Crippen LogP contribution is 2.08. The minimum absolute atomic E-state index is 0.0403. The number of aliphatic carboxylic acids is 2. The minimum Gasteiger partial charge on any atom is -0.481 e. The van der Waals surface area contributed by atoms with E-state index in [4.69, 9.17) is 16.6 Å². The number of unbranched alkanes of at least 4 members (excludes halogenated alkanes) is 1. The second-order valence-electron chi connectivity index (χ2n) is 10.4. The summed E-state index contributed by atoms with van der Waals surface area (Å²) in [7, 11) is 0. The summed E-state index contributed by atoms with van der Waals surface area (Å²) in [6.45, 7) is 5.16. The first kappa shape index (κ1) is 36.0. The second-order valence-corrected chi connectivity index (χ2v) is 10.4. The van der Waals surface area contributed by atoms with Crippen molar-refractivity contribution in [3.05, 3.63) is 35.9 Å². The van der Waals surface area contributed by atoms with Crippen molar-refractivity contribution < 1.29 is 39.0 Å². The molecule has 1 aromatic rings. The van der Waals surface area contributed by atoms with Crippen molar-refractivity contribution in [3.63, 3.8) is 0 Å². The van der Waals surface area contributed by atoms with Gasteiger partial charge in [-0.15, -0.1) is 0 Å². The van der Waals surface area contributed by atoms with Gasteiger partial charge in [-0.2, -0.15) is 0 Å². The molecule has 0 spiro atoms. The number of rotatable bonds is 19. The number of carboxylic acid groups (broad SMARTS) is 2. The molecule has 5 atom stereocenters. The van der Waals surface area contributed by atoms with Gasteiger partial charge in [0.2, 0.25) is 23.6 Å². The SMILES string of the molecule is CC(C)[C@H](N)C(=O)N[C@@H](CCC(=O)O)C(=O)N[C@@H](C)C(=O)N[C@@H](Cc1ccccc1)C(=O)N[C@@H](CCCCN)C(=O)O. The van der Waals surface area contributed by atoms with Gasteiger partial charge >= 0.3 is 11.9 Å². The van der Waals surface area contributed by atoms with Crippen LogP contribution >= 0.6 is 0 Å². The van der Waals surface area contributed by atoms with Crippen molar-refractivity contribution >= 4 is 35.6 Å². The van der Waals surface area contributed by atoms with Crippen LogP contribution in [0.4, 0.5) is 0 Å². The molecule has 0 bridgehead atoms. The lowest BCUT2D eigenvalue weighted by atomic mass is 10.0. The zero-order valence-corrected chi connectivity index (χ0v) is 24.3. The molecular weight excluding hydrogens is 548 g/mol. The van der Waals surface area contributed by atoms with Gasteiger partial charge in [0.05, 0.1) is 6.04 Å². The molecule has 0 fully saturated rings. The highest BCUT2D eigenvalue weighted by molar-refractivity contribution is 5.95. The molecular formula is C28H44N6O8. The number of hydrogen-bond acceptors (Lipinski definition) is 8. The van der Waals surface area contributed by atoms with E-state index in [1.165, 1.54) is 6.92 Å². The van der Waals surface area contributed by atoms with Crippen molar-refractivity contribution in [2.24, 2.45) is 17.4 Å². The summed E-state index contributed by atoms with van der Waals surface area (Å²) < 4.78 is 0. The van der Waals surface area contributed by atoms with Crippen molar-refractivity contribution in [2.75, 3.05) is 6.54 Å². The third-order valence-corrected chi connectivity index (χ3v) is 6.53. The van der Waals surface area contributed by atoms with Crippen molar-refractivity contribution in [1.29, 1.82) is 0 Å². The maximum atomic E-state index is 13.2. The lowest BCUT2D eigenvalue weighted by Crippen LogP contribution is -2.58. The molecule has 1 rings (SSSR count). The van der Waals surface area contributed by atoms with Crippen LogP contribution in [0.15, 0.2) is 30.3 Å². The lowest BCUT2D eigenvalue weighted by Gasteiger charge is -2.25. The number of hydrogen-bond donors (Lipinski definition) is 8. The number of nitrogens with two attached hydrogens (primary N) is 2. The molecule has 234 valence electrons. The molecule has 14 nitrogen and oxygen atoms in total. The fourth-order valence-electron chi connectivity index (χ4n) is 3.87. The van der Waals surface area contributed by atoms with Gasteiger partial charge in [0.25, 0.3) is 0 Å². The summed E-state index contributed by atoms with van der Waals surface area (Å²) in [4.78, 5) is 74.5. The smallest absolute Gasteiger partial charge is 0.326 e. The van der Waals surface area contributed by atoms with Crippen molar-refractivity contribution in [3.8, 4) is 0 Å². The number of carboxylic acids is 2. The van der Waals surface area contributed by atoms with E-state index in [1.54, 1.807) is 44.2 Å². The molecule has 0 aliphatic carbocycles. The molecule has 0 radical (unpaired) electrons. The Morgan fingerprint density at radius 2 is 1.31 bits per heavy atom. The van der Waals surface area contributed by atoms with E-state index in [-0.39, 0.29) is 25.2 Å². The molecule has 0 saturated carbocycles. The molecule has 42 heavy (non-hydrogen) atoms. The van der Waals surface area contributed by atoms with E-state index in [1.807, 2.05) is 0 Å². The summed E-state index contributed by atoms with van der Waals surface area (Å²) in [5.41, 5.74) is 12.0. The predicted molar refractivity (Wildman–Crippen MR) is 154 cm³/mol. The van der Waals surface area contributed by atoms with E-state index < -0.39 is 72.2 Å². The molecule has 0 saturated heterocycles. The summed E-state index contributed by atoms with van der Waals surface area (Å²) in [5, 5.41) is 28.5. The van der Waals surface area contributed by atoms with Gasteiger partial charge in [0, 0.05) is 12.8 Å². The van der Waals surface area contributed by atoms with Gasteiger partial charge in [-0.3, -0.25) is 24.0 Å². The largest absolute Gasteiger partial charge is 0.481 e. The predicted octanol–water partition coefficient (Wildman–Crippen LogP) is -0.750. The van der Waals surface area contributed by atoms with Gasteiger partial charge in [0.15, 0.2) is 0 Å². The van der Waals surface area contributed by atoms with Gasteiger partial charge in [-0.1, -0.05) is 44.2 Å². The van der Waals surface area contributed by atoms with Crippen LogP contribution < -0.4 is 32.7 Å². The quantitative estimate of drug-likeness (QED) is 0.0934. The number of amides is 4. The molecule has 0 aromatic heterocycles. The summed E-state index contributed by atoms with van der Waals surface area (Å²) in [6, 6.07) is 2.98. The first-order chi connectivity index (χ1) is 19.8. The lowest BCUT2D eigenvalue weighted by molar-refractivity contribution is -0.142. The first-order valence-corrected chi connectivity index (χ1v) is 13.9. The van der Waals surface area contributed by atoms with Crippen LogP contribution in [0.5, 0.6) is 0 Å². The van der Waals surface area contributed by atoms with Crippen LogP contribution in [0.1, 0.15) is 58.4 Å². The fraction of sp³-hybridized carbons (Fsp3) is 0.571. The molecule has 10 N–H and O–H groups in total. The number of carbonyl (C=O) groups is 6. The Kier molecular flexibility index (Phi) is 15.8. The zero-order valence-electron chi connectivity index (χ0n) is 24.3. The van der Waals surface area contributed by atoms with Crippen LogP contribution in [0.2, 0.25) is 0 Å². The summed E-state index contributed by atoms with van der Waals surface area (Å²) in [6.07, 6.45) is 0.586. The molecule has 0 aliphatic heterocycles. The zero-order chi connectivity index (χ0) is 31.8. The van der Waals surface area contributed by atoms with Gasteiger partial charge < -0.3 is 42.9 Å². The monoisotopic (exact) mass is 592 g/mol. The molecule has 0 unspecified atom stereocenters. The van der Waals surface area contributed by atoms with Crippen LogP contribution in [0, 0.1) is 5.92 Å². The molecule has 1 aromatic carbocycles. The molecule has 0 aliphatic rings.